The lowest BCUT2D eigenvalue weighted by molar-refractivity contribution is 0.0698. The molecule has 1 aromatic carbocycles. The number of aromatic carboxylic acids is 1. The Labute approximate surface area is 104 Å². The molecule has 0 aliphatic rings. The molecular weight excluding hydrogens is 232 g/mol. The maximum Gasteiger partial charge on any atom is 0.337 e. The summed E-state index contributed by atoms with van der Waals surface area (Å²) in [6.45, 7) is 2.32. The molecule has 0 radical (unpaired) electrons. The number of imidazole rings is 1. The van der Waals surface area contributed by atoms with Gasteiger partial charge in [0.1, 0.15) is 0 Å². The van der Waals surface area contributed by atoms with E-state index < -0.39 is 5.97 Å². The van der Waals surface area contributed by atoms with E-state index in [9.17, 15) is 4.79 Å². The number of rotatable bonds is 4. The predicted octanol–water partition coefficient (Wildman–Crippen LogP) is 1.61. The molecule has 18 heavy (non-hydrogen) atoms. The highest BCUT2D eigenvalue weighted by Gasteiger charge is 2.11. The van der Waals surface area contributed by atoms with Gasteiger partial charge in [0.2, 0.25) is 0 Å². The molecule has 0 fully saturated rings. The van der Waals surface area contributed by atoms with Crippen LogP contribution < -0.4 is 11.1 Å². The van der Waals surface area contributed by atoms with E-state index in [1.165, 1.54) is 6.07 Å². The molecule has 0 amide bonds. The van der Waals surface area contributed by atoms with Gasteiger partial charge in [0.15, 0.2) is 0 Å². The number of carboxylic acid groups (broad SMARTS) is 1. The Morgan fingerprint density at radius 1 is 1.56 bits per heavy atom. The van der Waals surface area contributed by atoms with Gasteiger partial charge in [0.25, 0.3) is 0 Å². The van der Waals surface area contributed by atoms with Crippen molar-refractivity contribution in [1.82, 2.24) is 9.97 Å². The van der Waals surface area contributed by atoms with Gasteiger partial charge in [-0.25, -0.2) is 9.78 Å². The third-order valence-corrected chi connectivity index (χ3v) is 2.66. The van der Waals surface area contributed by atoms with Gasteiger partial charge < -0.3 is 21.1 Å². The van der Waals surface area contributed by atoms with Crippen LogP contribution >= 0.6 is 0 Å². The van der Waals surface area contributed by atoms with E-state index >= 15 is 0 Å². The van der Waals surface area contributed by atoms with E-state index in [0.717, 1.165) is 11.3 Å². The molecule has 0 saturated heterocycles. The van der Waals surface area contributed by atoms with Crippen LogP contribution in [0.5, 0.6) is 0 Å². The van der Waals surface area contributed by atoms with Gasteiger partial charge in [0, 0.05) is 17.6 Å². The molecule has 6 heteroatoms. The Hall–Kier alpha value is -2.50. The quantitative estimate of drug-likeness (QED) is 0.613. The fourth-order valence-electron chi connectivity index (χ4n) is 1.66. The Morgan fingerprint density at radius 2 is 2.33 bits per heavy atom. The largest absolute Gasteiger partial charge is 0.478 e. The fraction of sp³-hybridized carbons (Fsp3) is 0.167. The normalized spacial score (nSPS) is 10.3. The maximum atomic E-state index is 11.0. The van der Waals surface area contributed by atoms with Crippen LogP contribution in [0.4, 0.5) is 11.4 Å². The molecule has 0 saturated carbocycles. The minimum absolute atomic E-state index is 0.113. The van der Waals surface area contributed by atoms with Crippen molar-refractivity contribution in [2.24, 2.45) is 0 Å². The van der Waals surface area contributed by atoms with E-state index in [-0.39, 0.29) is 5.56 Å². The topological polar surface area (TPSA) is 104 Å². The summed E-state index contributed by atoms with van der Waals surface area (Å²) in [5.74, 6) is -1.03. The Morgan fingerprint density at radius 3 is 2.94 bits per heavy atom. The average Bonchev–Trinajstić information content (AvgIpc) is 2.83. The molecule has 0 atom stereocenters. The molecule has 6 nitrogen and oxygen atoms in total. The molecule has 1 aromatic heterocycles. The van der Waals surface area contributed by atoms with Crippen molar-refractivity contribution < 1.29 is 9.90 Å². The number of aromatic nitrogens is 2. The van der Waals surface area contributed by atoms with Crippen LogP contribution in [0.15, 0.2) is 24.7 Å². The summed E-state index contributed by atoms with van der Waals surface area (Å²) in [6, 6.07) is 3.35. The van der Waals surface area contributed by atoms with E-state index in [1.807, 2.05) is 6.07 Å². The zero-order chi connectivity index (χ0) is 13.1. The number of hydrogen-bond acceptors (Lipinski definition) is 4. The molecule has 0 spiro atoms. The molecule has 94 valence electrons. The zero-order valence-corrected chi connectivity index (χ0v) is 9.90. The van der Waals surface area contributed by atoms with Gasteiger partial charge in [-0.1, -0.05) is 0 Å². The maximum absolute atomic E-state index is 11.0. The first-order valence-corrected chi connectivity index (χ1v) is 5.42. The van der Waals surface area contributed by atoms with Gasteiger partial charge in [-0.15, -0.1) is 0 Å². The number of carbonyl (C=O) groups is 1. The average molecular weight is 246 g/mol. The Kier molecular flexibility index (Phi) is 3.18. The van der Waals surface area contributed by atoms with Crippen LogP contribution in [0.3, 0.4) is 0 Å². The van der Waals surface area contributed by atoms with Crippen molar-refractivity contribution in [3.05, 3.63) is 41.5 Å². The summed E-state index contributed by atoms with van der Waals surface area (Å²) < 4.78 is 0. The van der Waals surface area contributed by atoms with E-state index in [2.05, 4.69) is 15.3 Å². The van der Waals surface area contributed by atoms with Gasteiger partial charge in [-0.2, -0.15) is 0 Å². The van der Waals surface area contributed by atoms with E-state index in [4.69, 9.17) is 10.8 Å². The summed E-state index contributed by atoms with van der Waals surface area (Å²) in [5, 5.41) is 12.2. The molecule has 2 rings (SSSR count). The third kappa shape index (κ3) is 2.42. The highest BCUT2D eigenvalue weighted by molar-refractivity contribution is 5.95. The van der Waals surface area contributed by atoms with Crippen LogP contribution in [0, 0.1) is 6.92 Å². The molecule has 5 N–H and O–H groups in total. The Bertz CT molecular complexity index is 564. The number of H-pyrrole nitrogens is 1. The number of hydrogen-bond donors (Lipinski definition) is 4. The van der Waals surface area contributed by atoms with E-state index in [1.54, 1.807) is 19.4 Å². The number of aromatic amines is 1. The number of nitrogens with zero attached hydrogens (tertiary/aromatic N) is 1. The van der Waals surface area contributed by atoms with Gasteiger partial charge >= 0.3 is 5.97 Å². The number of benzene rings is 1. The first-order valence-electron chi connectivity index (χ1n) is 5.42. The molecule has 2 aromatic rings. The summed E-state index contributed by atoms with van der Waals surface area (Å²) >= 11 is 0. The van der Waals surface area contributed by atoms with Crippen molar-refractivity contribution in [3.8, 4) is 0 Å². The third-order valence-electron chi connectivity index (χ3n) is 2.66. The zero-order valence-electron chi connectivity index (χ0n) is 9.90. The minimum Gasteiger partial charge on any atom is -0.478 e. The smallest absolute Gasteiger partial charge is 0.337 e. The number of carboxylic acids is 1. The minimum atomic E-state index is -1.03. The molecule has 0 aliphatic heterocycles. The van der Waals surface area contributed by atoms with Crippen molar-refractivity contribution in [2.75, 3.05) is 11.1 Å². The molecule has 0 bridgehead atoms. The highest BCUT2D eigenvalue weighted by atomic mass is 16.4. The van der Waals surface area contributed by atoms with Gasteiger partial charge in [0.05, 0.1) is 24.1 Å². The molecule has 1 heterocycles. The van der Waals surface area contributed by atoms with Crippen molar-refractivity contribution in [3.63, 3.8) is 0 Å². The lowest BCUT2D eigenvalue weighted by Gasteiger charge is -2.10. The van der Waals surface area contributed by atoms with Crippen molar-refractivity contribution in [2.45, 2.75) is 13.5 Å². The van der Waals surface area contributed by atoms with Gasteiger partial charge in [-0.05, 0) is 24.6 Å². The monoisotopic (exact) mass is 246 g/mol. The number of nitrogens with one attached hydrogen (secondary N) is 2. The molecular formula is C12H14N4O2. The highest BCUT2D eigenvalue weighted by Crippen LogP contribution is 2.23. The fourth-order valence-corrected chi connectivity index (χ4v) is 1.66. The number of anilines is 2. The SMILES string of the molecule is Cc1cc(NCc2cnc[nH]2)cc(C(=O)O)c1N. The van der Waals surface area contributed by atoms with Crippen LogP contribution in [0.1, 0.15) is 21.6 Å². The second-order valence-corrected chi connectivity index (χ2v) is 3.99. The van der Waals surface area contributed by atoms with Crippen LogP contribution in [-0.4, -0.2) is 21.0 Å². The van der Waals surface area contributed by atoms with Crippen LogP contribution in [0.25, 0.3) is 0 Å². The van der Waals surface area contributed by atoms with E-state index in [0.29, 0.717) is 17.9 Å². The summed E-state index contributed by atoms with van der Waals surface area (Å²) in [7, 11) is 0. The summed E-state index contributed by atoms with van der Waals surface area (Å²) in [5.41, 5.74) is 8.50. The van der Waals surface area contributed by atoms with Crippen LogP contribution in [-0.2, 0) is 6.54 Å². The second-order valence-electron chi connectivity index (χ2n) is 3.99. The lowest BCUT2D eigenvalue weighted by Crippen LogP contribution is -2.07. The number of aryl methyl sites for hydroxylation is 1. The molecule has 0 unspecified atom stereocenters. The summed E-state index contributed by atoms with van der Waals surface area (Å²) in [6.07, 6.45) is 3.29. The second kappa shape index (κ2) is 4.79. The number of nitrogen functional groups attached to an aromatic ring is 1. The van der Waals surface area contributed by atoms with Crippen molar-refractivity contribution in [1.29, 1.82) is 0 Å². The Balaban J connectivity index is 2.21. The standard InChI is InChI=1S/C12H14N4O2/c1-7-2-8(3-10(11(7)13)12(17)18)15-5-9-4-14-6-16-9/h2-4,6,15H,5,13H2,1H3,(H,14,16)(H,17,18). The van der Waals surface area contributed by atoms with Crippen LogP contribution in [0.2, 0.25) is 0 Å². The first kappa shape index (κ1) is 12.0. The predicted molar refractivity (Wildman–Crippen MR) is 68.5 cm³/mol. The van der Waals surface area contributed by atoms with Crippen molar-refractivity contribution >= 4 is 17.3 Å². The molecule has 0 aliphatic carbocycles. The number of nitrogens with two attached hydrogens (primary N) is 1. The van der Waals surface area contributed by atoms with Gasteiger partial charge in [-0.3, -0.25) is 0 Å². The first-order chi connectivity index (χ1) is 8.58. The lowest BCUT2D eigenvalue weighted by atomic mass is 10.1. The summed E-state index contributed by atoms with van der Waals surface area (Å²) in [4.78, 5) is 17.9.